The Labute approximate surface area is 153 Å². The molecule has 2 aromatic carbocycles. The van der Waals surface area contributed by atoms with Gasteiger partial charge < -0.3 is 10.2 Å². The predicted octanol–water partition coefficient (Wildman–Crippen LogP) is 3.09. The van der Waals surface area contributed by atoms with Crippen molar-refractivity contribution >= 4 is 11.6 Å². The summed E-state index contributed by atoms with van der Waals surface area (Å²) in [7, 11) is 0. The number of nitro groups is 1. The molecule has 136 valence electrons. The van der Waals surface area contributed by atoms with Crippen LogP contribution in [-0.2, 0) is 11.2 Å². The maximum atomic E-state index is 12.5. The van der Waals surface area contributed by atoms with Gasteiger partial charge in [0.2, 0.25) is 5.91 Å². The zero-order valence-electron chi connectivity index (χ0n) is 14.6. The Bertz CT molecular complexity index is 741. The highest BCUT2D eigenvalue weighted by Crippen LogP contribution is 2.18. The molecule has 1 aliphatic rings. The third kappa shape index (κ3) is 4.89. The quantitative estimate of drug-likeness (QED) is 0.613. The third-order valence-electron chi connectivity index (χ3n) is 4.69. The number of non-ortho nitro benzene ring substituents is 1. The number of benzene rings is 2. The van der Waals surface area contributed by atoms with Gasteiger partial charge in [-0.25, -0.2) is 0 Å². The van der Waals surface area contributed by atoms with E-state index in [9.17, 15) is 14.9 Å². The Morgan fingerprint density at radius 2 is 1.73 bits per heavy atom. The lowest BCUT2D eigenvalue weighted by atomic mass is 10.1. The molecule has 2 aromatic rings. The standard InChI is InChI=1S/C20H23N3O3/c24-20(14-16-8-10-18(11-9-16)23(25)26)21-19(15-22-12-4-5-13-22)17-6-2-1-3-7-17/h1-3,6-11,19H,4-5,12-15H2,(H,21,24)/t19-/m1/s1. The van der Waals surface area contributed by atoms with Crippen LogP contribution >= 0.6 is 0 Å². The minimum absolute atomic E-state index is 0.0327. The van der Waals surface area contributed by atoms with Crippen LogP contribution < -0.4 is 5.32 Å². The van der Waals surface area contributed by atoms with E-state index in [0.29, 0.717) is 0 Å². The minimum Gasteiger partial charge on any atom is -0.348 e. The maximum Gasteiger partial charge on any atom is 0.269 e. The van der Waals surface area contributed by atoms with Gasteiger partial charge in [0.25, 0.3) is 5.69 Å². The van der Waals surface area contributed by atoms with Crippen molar-refractivity contribution < 1.29 is 9.72 Å². The lowest BCUT2D eigenvalue weighted by molar-refractivity contribution is -0.384. The van der Waals surface area contributed by atoms with Crippen LogP contribution in [0.2, 0.25) is 0 Å². The zero-order valence-corrected chi connectivity index (χ0v) is 14.6. The number of nitrogens with zero attached hydrogens (tertiary/aromatic N) is 2. The first kappa shape index (κ1) is 18.1. The Hall–Kier alpha value is -2.73. The van der Waals surface area contributed by atoms with Crippen LogP contribution in [0.25, 0.3) is 0 Å². The number of nitro benzene ring substituents is 1. The van der Waals surface area contributed by atoms with E-state index in [-0.39, 0.29) is 24.1 Å². The highest BCUT2D eigenvalue weighted by Gasteiger charge is 2.20. The van der Waals surface area contributed by atoms with Gasteiger partial charge in [-0.05, 0) is 37.1 Å². The molecule has 1 N–H and O–H groups in total. The Morgan fingerprint density at radius 3 is 2.35 bits per heavy atom. The molecule has 0 aromatic heterocycles. The van der Waals surface area contributed by atoms with Crippen LogP contribution in [0.15, 0.2) is 54.6 Å². The van der Waals surface area contributed by atoms with Crippen LogP contribution in [0.1, 0.15) is 30.0 Å². The summed E-state index contributed by atoms with van der Waals surface area (Å²) < 4.78 is 0. The van der Waals surface area contributed by atoms with Gasteiger partial charge in [-0.3, -0.25) is 14.9 Å². The molecule has 1 fully saturated rings. The molecule has 26 heavy (non-hydrogen) atoms. The van der Waals surface area contributed by atoms with Crippen molar-refractivity contribution in [1.29, 1.82) is 0 Å². The van der Waals surface area contributed by atoms with Gasteiger partial charge in [0.1, 0.15) is 0 Å². The number of carbonyl (C=O) groups excluding carboxylic acids is 1. The minimum atomic E-state index is -0.439. The van der Waals surface area contributed by atoms with Crippen molar-refractivity contribution in [2.45, 2.75) is 25.3 Å². The molecule has 1 heterocycles. The molecule has 3 rings (SSSR count). The average molecular weight is 353 g/mol. The van der Waals surface area contributed by atoms with Crippen LogP contribution in [0.3, 0.4) is 0 Å². The molecule has 0 aliphatic carbocycles. The molecule has 0 radical (unpaired) electrons. The second kappa shape index (κ2) is 8.58. The molecule has 6 heteroatoms. The summed E-state index contributed by atoms with van der Waals surface area (Å²) in [6.45, 7) is 2.94. The number of nitrogens with one attached hydrogen (secondary N) is 1. The summed E-state index contributed by atoms with van der Waals surface area (Å²) in [5.41, 5.74) is 1.89. The Kier molecular flexibility index (Phi) is 5.96. The fourth-order valence-corrected chi connectivity index (χ4v) is 3.31. The van der Waals surface area contributed by atoms with Gasteiger partial charge >= 0.3 is 0 Å². The summed E-state index contributed by atoms with van der Waals surface area (Å²) in [4.78, 5) is 25.2. The highest BCUT2D eigenvalue weighted by molar-refractivity contribution is 5.79. The van der Waals surface area contributed by atoms with Crippen molar-refractivity contribution in [3.8, 4) is 0 Å². The van der Waals surface area contributed by atoms with E-state index in [1.807, 2.05) is 30.3 Å². The van der Waals surface area contributed by atoms with Gasteiger partial charge in [0.05, 0.1) is 17.4 Å². The van der Waals surface area contributed by atoms with Gasteiger partial charge in [0, 0.05) is 18.7 Å². The van der Waals surface area contributed by atoms with E-state index < -0.39 is 4.92 Å². The van der Waals surface area contributed by atoms with Crippen molar-refractivity contribution in [1.82, 2.24) is 10.2 Å². The second-order valence-corrected chi connectivity index (χ2v) is 6.64. The summed E-state index contributed by atoms with van der Waals surface area (Å²) in [6.07, 6.45) is 2.62. The Balaban J connectivity index is 1.65. The number of amides is 1. The van der Waals surface area contributed by atoms with E-state index in [4.69, 9.17) is 0 Å². The monoisotopic (exact) mass is 353 g/mol. The summed E-state index contributed by atoms with van der Waals surface area (Å²) >= 11 is 0. The first-order valence-corrected chi connectivity index (χ1v) is 8.92. The van der Waals surface area contributed by atoms with Crippen LogP contribution in [0.4, 0.5) is 5.69 Å². The summed E-state index contributed by atoms with van der Waals surface area (Å²) in [6, 6.07) is 16.1. The molecular formula is C20H23N3O3. The first-order chi connectivity index (χ1) is 12.6. The maximum absolute atomic E-state index is 12.5. The summed E-state index contributed by atoms with van der Waals surface area (Å²) in [5.74, 6) is -0.0769. The van der Waals surface area contributed by atoms with E-state index in [2.05, 4.69) is 10.2 Å². The molecule has 1 atom stereocenters. The van der Waals surface area contributed by atoms with E-state index in [1.165, 1.54) is 25.0 Å². The number of carbonyl (C=O) groups is 1. The second-order valence-electron chi connectivity index (χ2n) is 6.64. The molecular weight excluding hydrogens is 330 g/mol. The normalized spacial score (nSPS) is 15.5. The number of likely N-dealkylation sites (tertiary alicyclic amines) is 1. The average Bonchev–Trinajstić information content (AvgIpc) is 3.15. The molecule has 1 amide bonds. The molecule has 0 bridgehead atoms. The van der Waals surface area contributed by atoms with E-state index in [0.717, 1.165) is 30.8 Å². The van der Waals surface area contributed by atoms with Crippen LogP contribution in [0, 0.1) is 10.1 Å². The van der Waals surface area contributed by atoms with Gasteiger partial charge in [-0.1, -0.05) is 42.5 Å². The summed E-state index contributed by atoms with van der Waals surface area (Å²) in [5, 5.41) is 13.9. The van der Waals surface area contributed by atoms with Crippen molar-refractivity contribution in [3.63, 3.8) is 0 Å². The molecule has 6 nitrogen and oxygen atoms in total. The smallest absolute Gasteiger partial charge is 0.269 e. The zero-order chi connectivity index (χ0) is 18.4. The van der Waals surface area contributed by atoms with Gasteiger partial charge in [-0.2, -0.15) is 0 Å². The number of rotatable bonds is 7. The number of hydrogen-bond acceptors (Lipinski definition) is 4. The van der Waals surface area contributed by atoms with E-state index in [1.54, 1.807) is 12.1 Å². The molecule has 0 saturated carbocycles. The van der Waals surface area contributed by atoms with Crippen LogP contribution in [-0.4, -0.2) is 35.4 Å². The van der Waals surface area contributed by atoms with Crippen molar-refractivity contribution in [2.24, 2.45) is 0 Å². The van der Waals surface area contributed by atoms with Gasteiger partial charge in [0.15, 0.2) is 0 Å². The molecule has 1 saturated heterocycles. The predicted molar refractivity (Wildman–Crippen MR) is 99.8 cm³/mol. The lowest BCUT2D eigenvalue weighted by Gasteiger charge is -2.25. The highest BCUT2D eigenvalue weighted by atomic mass is 16.6. The SMILES string of the molecule is O=C(Cc1ccc([N+](=O)[O-])cc1)N[C@H](CN1CCCC1)c1ccccc1. The fourth-order valence-electron chi connectivity index (χ4n) is 3.31. The van der Waals surface area contributed by atoms with Crippen LogP contribution in [0.5, 0.6) is 0 Å². The Morgan fingerprint density at radius 1 is 1.08 bits per heavy atom. The topological polar surface area (TPSA) is 75.5 Å². The van der Waals surface area contributed by atoms with E-state index >= 15 is 0 Å². The third-order valence-corrected chi connectivity index (χ3v) is 4.69. The number of hydrogen-bond donors (Lipinski definition) is 1. The fraction of sp³-hybridized carbons (Fsp3) is 0.350. The van der Waals surface area contributed by atoms with Crippen molar-refractivity contribution in [2.75, 3.05) is 19.6 Å². The van der Waals surface area contributed by atoms with Gasteiger partial charge in [-0.15, -0.1) is 0 Å². The lowest BCUT2D eigenvalue weighted by Crippen LogP contribution is -2.37. The first-order valence-electron chi connectivity index (χ1n) is 8.92. The molecule has 0 spiro atoms. The molecule has 0 unspecified atom stereocenters. The largest absolute Gasteiger partial charge is 0.348 e. The van der Waals surface area contributed by atoms with Crippen molar-refractivity contribution in [3.05, 3.63) is 75.8 Å². The molecule has 1 aliphatic heterocycles.